The third kappa shape index (κ3) is 2.83. The normalized spacial score (nSPS) is 10.7. The highest BCUT2D eigenvalue weighted by atomic mass is 35.5. The number of rotatable bonds is 3. The summed E-state index contributed by atoms with van der Waals surface area (Å²) in [4.78, 5) is 4.62. The van der Waals surface area contributed by atoms with Gasteiger partial charge in [-0.2, -0.15) is 0 Å². The number of pyridine rings is 1. The summed E-state index contributed by atoms with van der Waals surface area (Å²) in [5.74, 6) is -0.415. The Hall–Kier alpha value is -2.65. The molecule has 114 valence electrons. The van der Waals surface area contributed by atoms with Crippen LogP contribution in [0.4, 0.5) is 4.39 Å². The molecule has 1 heterocycles. The average molecular weight is 325 g/mol. The van der Waals surface area contributed by atoms with E-state index in [1.165, 1.54) is 6.07 Å². The van der Waals surface area contributed by atoms with Crippen LogP contribution < -0.4 is 5.73 Å². The number of halogens is 2. The molecule has 0 aliphatic heterocycles. The van der Waals surface area contributed by atoms with Gasteiger partial charge in [-0.15, -0.1) is 0 Å². The Morgan fingerprint density at radius 2 is 1.96 bits per heavy atom. The lowest BCUT2D eigenvalue weighted by Gasteiger charge is -2.09. The highest BCUT2D eigenvalue weighted by Gasteiger charge is 2.10. The lowest BCUT2D eigenvalue weighted by Crippen LogP contribution is -1.98. The van der Waals surface area contributed by atoms with Gasteiger partial charge >= 0.3 is 0 Å². The Labute approximate surface area is 138 Å². The highest BCUT2D eigenvalue weighted by molar-refractivity contribution is 6.35. The molecule has 2 nitrogen and oxygen atoms in total. The number of hydrogen-bond donors (Lipinski definition) is 1. The molecule has 23 heavy (non-hydrogen) atoms. The van der Waals surface area contributed by atoms with Crippen molar-refractivity contribution >= 4 is 34.3 Å². The topological polar surface area (TPSA) is 38.9 Å². The van der Waals surface area contributed by atoms with E-state index in [9.17, 15) is 4.39 Å². The fourth-order valence-electron chi connectivity index (χ4n) is 2.41. The first-order chi connectivity index (χ1) is 11.0. The van der Waals surface area contributed by atoms with Gasteiger partial charge in [-0.3, -0.25) is 0 Å². The summed E-state index contributed by atoms with van der Waals surface area (Å²) >= 11 is 6.36. The van der Waals surface area contributed by atoms with Gasteiger partial charge in [-0.1, -0.05) is 43.0 Å². The number of fused-ring (bicyclic) bond motifs is 1. The van der Waals surface area contributed by atoms with Gasteiger partial charge in [0, 0.05) is 22.2 Å². The van der Waals surface area contributed by atoms with E-state index in [0.717, 1.165) is 22.0 Å². The number of nitrogens with two attached hydrogens (primary N) is 1. The number of benzene rings is 2. The van der Waals surface area contributed by atoms with E-state index in [0.29, 0.717) is 10.7 Å². The van der Waals surface area contributed by atoms with Gasteiger partial charge in [-0.25, -0.2) is 9.37 Å². The second-order valence-electron chi connectivity index (χ2n) is 5.19. The van der Waals surface area contributed by atoms with Crippen LogP contribution in [0.5, 0.6) is 0 Å². The molecule has 0 saturated heterocycles. The van der Waals surface area contributed by atoms with Crippen LogP contribution in [0.15, 0.2) is 55.6 Å². The molecule has 0 unspecified atom stereocenters. The van der Waals surface area contributed by atoms with Crippen LogP contribution in [-0.2, 0) is 0 Å². The fraction of sp³-hybridized carbons (Fsp3) is 0. The maximum Gasteiger partial charge on any atom is 0.132 e. The SMILES string of the molecule is C=Cc1ccc2c(Cl)cc(-c3ccc(F)c(C(=C)N)c3)nc2c1. The van der Waals surface area contributed by atoms with E-state index in [1.54, 1.807) is 24.3 Å². The quantitative estimate of drug-likeness (QED) is 0.713. The second kappa shape index (κ2) is 5.86. The zero-order valence-corrected chi connectivity index (χ0v) is 13.1. The number of nitrogens with zero attached hydrogens (tertiary/aromatic N) is 1. The Morgan fingerprint density at radius 1 is 1.17 bits per heavy atom. The molecule has 0 aliphatic carbocycles. The molecule has 2 N–H and O–H groups in total. The molecule has 0 radical (unpaired) electrons. The first-order valence-electron chi connectivity index (χ1n) is 6.97. The van der Waals surface area contributed by atoms with Crippen molar-refractivity contribution in [2.75, 3.05) is 0 Å². The molecule has 3 rings (SSSR count). The van der Waals surface area contributed by atoms with Crippen molar-refractivity contribution in [1.29, 1.82) is 0 Å². The minimum Gasteiger partial charge on any atom is -0.399 e. The van der Waals surface area contributed by atoms with Gasteiger partial charge in [0.1, 0.15) is 5.82 Å². The molecule has 0 fully saturated rings. The Balaban J connectivity index is 2.22. The van der Waals surface area contributed by atoms with E-state index in [2.05, 4.69) is 18.1 Å². The predicted molar refractivity (Wildman–Crippen MR) is 95.5 cm³/mol. The third-order valence-electron chi connectivity index (χ3n) is 3.63. The molecule has 0 saturated carbocycles. The molecule has 0 bridgehead atoms. The lowest BCUT2D eigenvalue weighted by atomic mass is 10.0. The second-order valence-corrected chi connectivity index (χ2v) is 5.60. The zero-order chi connectivity index (χ0) is 16.6. The summed E-state index contributed by atoms with van der Waals surface area (Å²) in [6, 6.07) is 12.1. The summed E-state index contributed by atoms with van der Waals surface area (Å²) in [5.41, 5.74) is 9.14. The molecule has 2 aromatic carbocycles. The molecule has 0 spiro atoms. The lowest BCUT2D eigenvalue weighted by molar-refractivity contribution is 0.624. The molecule has 0 aliphatic rings. The molecule has 3 aromatic rings. The minimum absolute atomic E-state index is 0.171. The van der Waals surface area contributed by atoms with Crippen molar-refractivity contribution in [3.05, 3.63) is 77.6 Å². The summed E-state index contributed by atoms with van der Waals surface area (Å²) in [6.45, 7) is 7.35. The van der Waals surface area contributed by atoms with Crippen LogP contribution in [0.3, 0.4) is 0 Å². The summed E-state index contributed by atoms with van der Waals surface area (Å²) in [5, 5.41) is 1.43. The van der Waals surface area contributed by atoms with Crippen LogP contribution in [-0.4, -0.2) is 4.98 Å². The largest absolute Gasteiger partial charge is 0.399 e. The molecular formula is C19H14ClFN2. The van der Waals surface area contributed by atoms with E-state index >= 15 is 0 Å². The number of hydrogen-bond acceptors (Lipinski definition) is 2. The summed E-state index contributed by atoms with van der Waals surface area (Å²) in [6.07, 6.45) is 1.75. The standard InChI is InChI=1S/C19H14ClFN2/c1-3-12-4-6-14-16(20)10-18(23-19(14)8-12)13-5-7-17(21)15(9-13)11(2)22/h3-10H,1-2,22H2. The molecular weight excluding hydrogens is 311 g/mol. The van der Waals surface area contributed by atoms with Gasteiger partial charge < -0.3 is 5.73 Å². The van der Waals surface area contributed by atoms with Crippen LogP contribution in [0.2, 0.25) is 5.02 Å². The summed E-state index contributed by atoms with van der Waals surface area (Å²) in [7, 11) is 0. The van der Waals surface area contributed by atoms with E-state index in [1.807, 2.05) is 18.2 Å². The minimum atomic E-state index is -0.415. The van der Waals surface area contributed by atoms with Crippen molar-refractivity contribution < 1.29 is 4.39 Å². The Kier molecular flexibility index (Phi) is 3.89. The fourth-order valence-corrected chi connectivity index (χ4v) is 2.67. The smallest absolute Gasteiger partial charge is 0.132 e. The third-order valence-corrected chi connectivity index (χ3v) is 3.94. The van der Waals surface area contributed by atoms with Crippen LogP contribution >= 0.6 is 11.6 Å². The van der Waals surface area contributed by atoms with Gasteiger partial charge in [0.05, 0.1) is 16.2 Å². The molecule has 1 aromatic heterocycles. The van der Waals surface area contributed by atoms with Gasteiger partial charge in [0.25, 0.3) is 0 Å². The van der Waals surface area contributed by atoms with Crippen molar-refractivity contribution in [1.82, 2.24) is 4.98 Å². The molecule has 0 amide bonds. The number of aromatic nitrogens is 1. The maximum atomic E-state index is 13.8. The van der Waals surface area contributed by atoms with Gasteiger partial charge in [0.2, 0.25) is 0 Å². The predicted octanol–water partition coefficient (Wildman–Crippen LogP) is 5.27. The van der Waals surface area contributed by atoms with E-state index in [4.69, 9.17) is 17.3 Å². The monoisotopic (exact) mass is 324 g/mol. The summed E-state index contributed by atoms with van der Waals surface area (Å²) < 4.78 is 13.8. The van der Waals surface area contributed by atoms with Crippen molar-refractivity contribution in [2.24, 2.45) is 5.73 Å². The first kappa shape index (κ1) is 15.3. The Morgan fingerprint density at radius 3 is 2.65 bits per heavy atom. The molecule has 0 atom stereocenters. The van der Waals surface area contributed by atoms with E-state index in [-0.39, 0.29) is 11.3 Å². The average Bonchev–Trinajstić information content (AvgIpc) is 2.54. The maximum absolute atomic E-state index is 13.8. The van der Waals surface area contributed by atoms with Crippen molar-refractivity contribution in [3.8, 4) is 11.3 Å². The van der Waals surface area contributed by atoms with Crippen LogP contribution in [0, 0.1) is 5.82 Å². The van der Waals surface area contributed by atoms with Crippen molar-refractivity contribution in [2.45, 2.75) is 0 Å². The van der Waals surface area contributed by atoms with Crippen LogP contribution in [0.25, 0.3) is 33.9 Å². The van der Waals surface area contributed by atoms with Crippen LogP contribution in [0.1, 0.15) is 11.1 Å². The van der Waals surface area contributed by atoms with Gasteiger partial charge in [0.15, 0.2) is 0 Å². The van der Waals surface area contributed by atoms with Gasteiger partial charge in [-0.05, 0) is 35.9 Å². The highest BCUT2D eigenvalue weighted by Crippen LogP contribution is 2.30. The van der Waals surface area contributed by atoms with E-state index < -0.39 is 5.82 Å². The molecule has 4 heteroatoms. The Bertz CT molecular complexity index is 947. The van der Waals surface area contributed by atoms with Crippen molar-refractivity contribution in [3.63, 3.8) is 0 Å². The first-order valence-corrected chi connectivity index (χ1v) is 7.35. The zero-order valence-electron chi connectivity index (χ0n) is 12.3.